The summed E-state index contributed by atoms with van der Waals surface area (Å²) in [6.45, 7) is 3.67. The first kappa shape index (κ1) is 18.4. The lowest BCUT2D eigenvalue weighted by Gasteiger charge is -2.12. The van der Waals surface area contributed by atoms with Crippen LogP contribution in [0.2, 0.25) is 0 Å². The summed E-state index contributed by atoms with van der Waals surface area (Å²) in [5.41, 5.74) is 4.38. The predicted octanol–water partition coefficient (Wildman–Crippen LogP) is 2.68. The minimum atomic E-state index is -0.513. The van der Waals surface area contributed by atoms with E-state index in [0.717, 1.165) is 11.0 Å². The Bertz CT molecular complexity index is 1310. The van der Waals surface area contributed by atoms with E-state index in [1.807, 2.05) is 38.1 Å². The SMILES string of the molecule is CC(C)n1nc(C(=O)N/N=C\c2cnc3ccccc3n2)c2ccccc2c1=O. The van der Waals surface area contributed by atoms with Crippen LogP contribution in [-0.2, 0) is 0 Å². The van der Waals surface area contributed by atoms with Crippen molar-refractivity contribution in [3.8, 4) is 0 Å². The summed E-state index contributed by atoms with van der Waals surface area (Å²) in [4.78, 5) is 34.0. The number of hydrazone groups is 1. The zero-order valence-corrected chi connectivity index (χ0v) is 15.9. The fourth-order valence-corrected chi connectivity index (χ4v) is 2.97. The number of amides is 1. The van der Waals surface area contributed by atoms with Crippen LogP contribution in [0.25, 0.3) is 21.8 Å². The van der Waals surface area contributed by atoms with Crippen molar-refractivity contribution < 1.29 is 4.79 Å². The third kappa shape index (κ3) is 3.60. The summed E-state index contributed by atoms with van der Waals surface area (Å²) in [6, 6.07) is 14.2. The highest BCUT2D eigenvalue weighted by molar-refractivity contribution is 6.05. The van der Waals surface area contributed by atoms with Crippen molar-refractivity contribution in [2.45, 2.75) is 19.9 Å². The Hall–Kier alpha value is -3.94. The molecule has 0 saturated carbocycles. The molecule has 0 saturated heterocycles. The largest absolute Gasteiger partial charge is 0.292 e. The minimum absolute atomic E-state index is 0.135. The molecule has 0 radical (unpaired) electrons. The van der Waals surface area contributed by atoms with E-state index in [1.54, 1.807) is 30.5 Å². The Morgan fingerprint density at radius 2 is 1.76 bits per heavy atom. The van der Waals surface area contributed by atoms with Gasteiger partial charge in [-0.1, -0.05) is 30.3 Å². The fraction of sp³-hybridized carbons (Fsp3) is 0.143. The van der Waals surface area contributed by atoms with Crippen LogP contribution in [0, 0.1) is 0 Å². The van der Waals surface area contributed by atoms with Crippen molar-refractivity contribution in [3.63, 3.8) is 0 Å². The molecule has 0 aliphatic rings. The van der Waals surface area contributed by atoms with Crippen molar-refractivity contribution in [1.29, 1.82) is 0 Å². The number of carbonyl (C=O) groups excluding carboxylic acids is 1. The molecule has 8 heteroatoms. The molecule has 144 valence electrons. The number of hydrogen-bond acceptors (Lipinski definition) is 6. The highest BCUT2D eigenvalue weighted by Gasteiger charge is 2.17. The second kappa shape index (κ2) is 7.59. The Morgan fingerprint density at radius 3 is 2.52 bits per heavy atom. The van der Waals surface area contributed by atoms with Crippen LogP contribution in [0.15, 0.2) is 64.6 Å². The van der Waals surface area contributed by atoms with E-state index in [9.17, 15) is 9.59 Å². The van der Waals surface area contributed by atoms with Crippen LogP contribution < -0.4 is 11.0 Å². The molecule has 0 unspecified atom stereocenters. The van der Waals surface area contributed by atoms with Gasteiger partial charge in [-0.2, -0.15) is 10.2 Å². The number of hydrogen-bond donors (Lipinski definition) is 1. The van der Waals surface area contributed by atoms with Crippen molar-refractivity contribution in [2.24, 2.45) is 5.10 Å². The molecule has 2 heterocycles. The van der Waals surface area contributed by atoms with Crippen LogP contribution in [-0.4, -0.2) is 31.9 Å². The molecule has 4 aromatic rings. The van der Waals surface area contributed by atoms with E-state index in [4.69, 9.17) is 0 Å². The molecule has 0 atom stereocenters. The number of aromatic nitrogens is 4. The Labute approximate surface area is 165 Å². The standard InChI is InChI=1S/C21H18N6O2/c1-13(2)27-21(29)16-8-4-3-7-15(16)19(26-27)20(28)25-23-12-14-11-22-17-9-5-6-10-18(17)24-14/h3-13H,1-2H3,(H,25,28)/b23-12-. The average Bonchev–Trinajstić information content (AvgIpc) is 2.73. The number of rotatable bonds is 4. The number of fused-ring (bicyclic) bond motifs is 2. The number of nitrogens with one attached hydrogen (secondary N) is 1. The maximum absolute atomic E-state index is 12.7. The van der Waals surface area contributed by atoms with Gasteiger partial charge in [0.1, 0.15) is 5.69 Å². The zero-order valence-electron chi connectivity index (χ0n) is 15.9. The molecule has 2 aromatic heterocycles. The molecule has 29 heavy (non-hydrogen) atoms. The molecule has 8 nitrogen and oxygen atoms in total. The lowest BCUT2D eigenvalue weighted by molar-refractivity contribution is 0.0949. The summed E-state index contributed by atoms with van der Waals surface area (Å²) in [6.07, 6.45) is 2.99. The minimum Gasteiger partial charge on any atom is -0.267 e. The lowest BCUT2D eigenvalue weighted by atomic mass is 10.1. The smallest absolute Gasteiger partial charge is 0.267 e. The second-order valence-electron chi connectivity index (χ2n) is 6.72. The Kier molecular flexibility index (Phi) is 4.82. The number of carbonyl (C=O) groups is 1. The summed E-state index contributed by atoms with van der Waals surface area (Å²) < 4.78 is 1.30. The molecule has 1 N–H and O–H groups in total. The third-order valence-corrected chi connectivity index (χ3v) is 4.36. The summed E-state index contributed by atoms with van der Waals surface area (Å²) in [5, 5.41) is 9.15. The maximum atomic E-state index is 12.7. The Morgan fingerprint density at radius 1 is 1.07 bits per heavy atom. The van der Waals surface area contributed by atoms with Gasteiger partial charge < -0.3 is 0 Å². The van der Waals surface area contributed by atoms with Crippen LogP contribution in [0.5, 0.6) is 0 Å². The molecule has 0 spiro atoms. The lowest BCUT2D eigenvalue weighted by Crippen LogP contribution is -2.30. The maximum Gasteiger partial charge on any atom is 0.292 e. The normalized spacial score (nSPS) is 11.6. The van der Waals surface area contributed by atoms with Crippen molar-refractivity contribution >= 4 is 33.9 Å². The van der Waals surface area contributed by atoms with E-state index in [2.05, 4.69) is 25.6 Å². The monoisotopic (exact) mass is 386 g/mol. The highest BCUT2D eigenvalue weighted by Crippen LogP contribution is 2.14. The van der Waals surface area contributed by atoms with Crippen LogP contribution in [0.4, 0.5) is 0 Å². The number of para-hydroxylation sites is 2. The summed E-state index contributed by atoms with van der Waals surface area (Å²) in [5.74, 6) is -0.513. The molecule has 0 fully saturated rings. The molecule has 1 amide bonds. The summed E-state index contributed by atoms with van der Waals surface area (Å²) in [7, 11) is 0. The van der Waals surface area contributed by atoms with E-state index in [1.165, 1.54) is 10.9 Å². The second-order valence-corrected chi connectivity index (χ2v) is 6.72. The van der Waals surface area contributed by atoms with Gasteiger partial charge >= 0.3 is 0 Å². The quantitative estimate of drug-likeness (QED) is 0.429. The van der Waals surface area contributed by atoms with Gasteiger partial charge in [0.05, 0.1) is 34.9 Å². The van der Waals surface area contributed by atoms with Crippen LogP contribution in [0.1, 0.15) is 36.1 Å². The molecule has 4 rings (SSSR count). The highest BCUT2D eigenvalue weighted by atomic mass is 16.2. The van der Waals surface area contributed by atoms with Crippen molar-refractivity contribution in [3.05, 3.63) is 76.5 Å². The average molecular weight is 386 g/mol. The first-order chi connectivity index (χ1) is 14.0. The Balaban J connectivity index is 1.64. The van der Waals surface area contributed by atoms with Crippen LogP contribution in [0.3, 0.4) is 0 Å². The molecule has 0 aliphatic carbocycles. The van der Waals surface area contributed by atoms with Crippen molar-refractivity contribution in [2.75, 3.05) is 0 Å². The van der Waals surface area contributed by atoms with E-state index in [0.29, 0.717) is 16.5 Å². The first-order valence-corrected chi connectivity index (χ1v) is 9.11. The van der Waals surface area contributed by atoms with Gasteiger partial charge in [0.15, 0.2) is 5.69 Å². The fourth-order valence-electron chi connectivity index (χ4n) is 2.97. The van der Waals surface area contributed by atoms with E-state index < -0.39 is 5.91 Å². The molecule has 0 bridgehead atoms. The van der Waals surface area contributed by atoms with E-state index in [-0.39, 0.29) is 17.3 Å². The van der Waals surface area contributed by atoms with Gasteiger partial charge in [0.2, 0.25) is 0 Å². The molecule has 0 aliphatic heterocycles. The summed E-state index contributed by atoms with van der Waals surface area (Å²) >= 11 is 0. The number of nitrogens with zero attached hydrogens (tertiary/aromatic N) is 5. The van der Waals surface area contributed by atoms with Crippen LogP contribution >= 0.6 is 0 Å². The molecular formula is C21H18N6O2. The predicted molar refractivity (Wildman–Crippen MR) is 111 cm³/mol. The topological polar surface area (TPSA) is 102 Å². The van der Waals surface area contributed by atoms with Gasteiger partial charge in [-0.25, -0.2) is 15.1 Å². The van der Waals surface area contributed by atoms with Crippen molar-refractivity contribution in [1.82, 2.24) is 25.2 Å². The molecular weight excluding hydrogens is 368 g/mol. The van der Waals surface area contributed by atoms with Gasteiger partial charge in [0, 0.05) is 5.39 Å². The third-order valence-electron chi connectivity index (χ3n) is 4.36. The molecule has 2 aromatic carbocycles. The van der Waals surface area contributed by atoms with Gasteiger partial charge in [0.25, 0.3) is 11.5 Å². The van der Waals surface area contributed by atoms with Gasteiger partial charge in [-0.05, 0) is 32.0 Å². The first-order valence-electron chi connectivity index (χ1n) is 9.11. The van der Waals surface area contributed by atoms with Gasteiger partial charge in [-0.3, -0.25) is 14.6 Å². The number of benzene rings is 2. The zero-order chi connectivity index (χ0) is 20.4. The van der Waals surface area contributed by atoms with Gasteiger partial charge in [-0.15, -0.1) is 0 Å². The van der Waals surface area contributed by atoms with E-state index >= 15 is 0 Å².